The summed E-state index contributed by atoms with van der Waals surface area (Å²) in [6, 6.07) is 65.4. The second kappa shape index (κ2) is 18.2. The molecule has 0 fully saturated rings. The van der Waals surface area contributed by atoms with Crippen LogP contribution in [0.2, 0.25) is 0 Å². The fourth-order valence-electron chi connectivity index (χ4n) is 8.86. The van der Waals surface area contributed by atoms with Crippen LogP contribution in [0.15, 0.2) is 170 Å². The molecule has 338 valence electrons. The predicted molar refractivity (Wildman–Crippen MR) is 266 cm³/mol. The Bertz CT molecular complexity index is 3150. The van der Waals surface area contributed by atoms with E-state index < -0.39 is 0 Å². The Labute approximate surface area is 419 Å². The molecule has 3 heterocycles. The van der Waals surface area contributed by atoms with Crippen molar-refractivity contribution in [2.24, 2.45) is 0 Å². The standard InChI is InChI=1S/C59H53N4O.2Pt/c1-57(2,3)44-33-45(58(4,5)6)35-47(34-44)62-39-61(53-24-15-16-25-54(53)62)46-22-17-23-48(37-46)64-49-27-28-50-51-32-41(40-18-11-9-12-19-40)26-29-52(51)63(55(50)38-49)56-36-43(30-31-60-56)59(7,8)42-20-13-10-14-21-42;;/h9-36,39H,1-8H3;;/q-3;;. The first-order valence-corrected chi connectivity index (χ1v) is 22.2. The topological polar surface area (TPSA) is 33.5 Å². The Kier molecular flexibility index (Phi) is 12.9. The van der Waals surface area contributed by atoms with Crippen molar-refractivity contribution in [1.29, 1.82) is 0 Å². The number of anilines is 4. The molecule has 7 aromatic carbocycles. The van der Waals surface area contributed by atoms with Crippen LogP contribution in [0.5, 0.6) is 11.5 Å². The van der Waals surface area contributed by atoms with Gasteiger partial charge in [0.05, 0.1) is 0 Å². The van der Waals surface area contributed by atoms with Crippen LogP contribution in [-0.4, -0.2) is 9.55 Å². The molecule has 1 aliphatic heterocycles. The Morgan fingerprint density at radius 2 is 1.14 bits per heavy atom. The van der Waals surface area contributed by atoms with Crippen LogP contribution in [-0.2, 0) is 58.4 Å². The van der Waals surface area contributed by atoms with Gasteiger partial charge in [-0.2, -0.15) is 12.1 Å². The van der Waals surface area contributed by atoms with Crippen LogP contribution in [0.3, 0.4) is 0 Å². The summed E-state index contributed by atoms with van der Waals surface area (Å²) in [4.78, 5) is 9.50. The number of nitrogens with zero attached hydrogens (tertiary/aromatic N) is 4. The molecule has 0 N–H and O–H groups in total. The van der Waals surface area contributed by atoms with Gasteiger partial charge in [-0.1, -0.05) is 152 Å². The average Bonchev–Trinajstić information content (AvgIpc) is 3.85. The third kappa shape index (κ3) is 8.81. The number of hydrogen-bond acceptors (Lipinski definition) is 4. The largest absolute Gasteiger partial charge is 0.509 e. The molecule has 0 saturated carbocycles. The molecule has 0 amide bonds. The molecule has 66 heavy (non-hydrogen) atoms. The number of benzene rings is 7. The molecule has 0 aliphatic carbocycles. The molecule has 0 spiro atoms. The molecular formula is C59H53N4OPt2-3. The van der Waals surface area contributed by atoms with E-state index in [1.165, 1.54) is 27.8 Å². The van der Waals surface area contributed by atoms with Gasteiger partial charge >= 0.3 is 0 Å². The number of rotatable bonds is 8. The number of hydrogen-bond donors (Lipinski definition) is 0. The first-order valence-electron chi connectivity index (χ1n) is 22.2. The van der Waals surface area contributed by atoms with Crippen LogP contribution in [0.4, 0.5) is 22.7 Å². The number of para-hydroxylation sites is 2. The van der Waals surface area contributed by atoms with Gasteiger partial charge < -0.3 is 19.1 Å². The van der Waals surface area contributed by atoms with Crippen LogP contribution in [0, 0.1) is 18.8 Å². The Balaban J connectivity index is 0.00000296. The van der Waals surface area contributed by atoms with Gasteiger partial charge in [-0.15, -0.1) is 48.1 Å². The van der Waals surface area contributed by atoms with Gasteiger partial charge in [0.15, 0.2) is 0 Å². The molecular weight excluding hydrogens is 1170 g/mol. The maximum atomic E-state index is 6.71. The van der Waals surface area contributed by atoms with Crippen LogP contribution in [0.1, 0.15) is 77.6 Å². The molecule has 0 unspecified atom stereocenters. The summed E-state index contributed by atoms with van der Waals surface area (Å²) in [6.07, 6.45) is 1.92. The Morgan fingerprint density at radius 3 is 1.82 bits per heavy atom. The van der Waals surface area contributed by atoms with Gasteiger partial charge in [0, 0.05) is 87.8 Å². The number of pyridine rings is 1. The molecule has 5 nitrogen and oxygen atoms in total. The minimum atomic E-state index is -0.243. The fourth-order valence-corrected chi connectivity index (χ4v) is 8.86. The average molecular weight is 1220 g/mol. The molecule has 2 aromatic heterocycles. The summed E-state index contributed by atoms with van der Waals surface area (Å²) in [6.45, 7) is 20.4. The quantitative estimate of drug-likeness (QED) is 0.142. The smallest absolute Gasteiger partial charge is 0.135 e. The summed E-state index contributed by atoms with van der Waals surface area (Å²) in [5.74, 6) is 2.02. The van der Waals surface area contributed by atoms with Crippen molar-refractivity contribution in [1.82, 2.24) is 9.55 Å². The summed E-state index contributed by atoms with van der Waals surface area (Å²) in [5.41, 5.74) is 13.2. The molecule has 10 rings (SSSR count). The molecule has 0 atom stereocenters. The van der Waals surface area contributed by atoms with Gasteiger partial charge in [-0.05, 0) is 92.1 Å². The van der Waals surface area contributed by atoms with Gasteiger partial charge in [0.25, 0.3) is 0 Å². The monoisotopic (exact) mass is 1220 g/mol. The van der Waals surface area contributed by atoms with E-state index in [9.17, 15) is 0 Å². The fraction of sp³-hybridized carbons (Fsp3) is 0.186. The summed E-state index contributed by atoms with van der Waals surface area (Å²) in [5, 5.41) is 2.19. The van der Waals surface area contributed by atoms with Crippen LogP contribution < -0.4 is 14.5 Å². The van der Waals surface area contributed by atoms with E-state index in [4.69, 9.17) is 9.72 Å². The van der Waals surface area contributed by atoms with Crippen molar-refractivity contribution in [2.75, 3.05) is 9.80 Å². The first-order chi connectivity index (χ1) is 30.7. The normalized spacial score (nSPS) is 12.8. The van der Waals surface area contributed by atoms with Gasteiger partial charge in [0.1, 0.15) is 5.82 Å². The summed E-state index contributed by atoms with van der Waals surface area (Å²) >= 11 is 0. The van der Waals surface area contributed by atoms with Crippen LogP contribution in [0.25, 0.3) is 38.8 Å². The van der Waals surface area contributed by atoms with Crippen molar-refractivity contribution < 1.29 is 46.9 Å². The Hall–Kier alpha value is -5.73. The second-order valence-electron chi connectivity index (χ2n) is 19.5. The van der Waals surface area contributed by atoms with E-state index >= 15 is 0 Å². The maximum Gasteiger partial charge on any atom is 0.135 e. The van der Waals surface area contributed by atoms with E-state index in [0.29, 0.717) is 11.5 Å². The first kappa shape index (κ1) is 46.8. The number of ether oxygens (including phenoxy) is 1. The van der Waals surface area contributed by atoms with E-state index in [1.54, 1.807) is 0 Å². The summed E-state index contributed by atoms with van der Waals surface area (Å²) in [7, 11) is 0. The summed E-state index contributed by atoms with van der Waals surface area (Å²) < 4.78 is 8.93. The SMILES string of the molecule is CC(C)(C)c1cc(N2[CH-]N(c3[c-]c(Oc4[c-]c5c(cc4)c4cc(-c6ccccc6)ccc4n5-c4cc(C(C)(C)c5ccccc5)ccn4)ccc3)c3ccccc32)cc(C(C)(C)C)c1.[Pt].[Pt]. The van der Waals surface area contributed by atoms with Gasteiger partial charge in [-0.25, -0.2) is 4.98 Å². The molecule has 1 aliphatic rings. The molecule has 0 saturated heterocycles. The maximum absolute atomic E-state index is 6.71. The third-order valence-corrected chi connectivity index (χ3v) is 12.7. The molecule has 0 radical (unpaired) electrons. The van der Waals surface area contributed by atoms with Crippen molar-refractivity contribution in [3.63, 3.8) is 0 Å². The molecule has 7 heteroatoms. The van der Waals surface area contributed by atoms with Crippen molar-refractivity contribution in [3.8, 4) is 28.4 Å². The van der Waals surface area contributed by atoms with E-state index in [0.717, 1.165) is 55.9 Å². The van der Waals surface area contributed by atoms with Gasteiger partial charge in [0.2, 0.25) is 0 Å². The van der Waals surface area contributed by atoms with Gasteiger partial charge in [-0.3, -0.25) is 0 Å². The van der Waals surface area contributed by atoms with Crippen LogP contribution >= 0.6 is 0 Å². The second-order valence-corrected chi connectivity index (χ2v) is 19.5. The van der Waals surface area contributed by atoms with E-state index in [1.807, 2.05) is 24.4 Å². The van der Waals surface area contributed by atoms with Crippen molar-refractivity contribution >= 4 is 44.6 Å². The molecule has 9 aromatic rings. The predicted octanol–water partition coefficient (Wildman–Crippen LogP) is 15.6. The van der Waals surface area contributed by atoms with Crippen molar-refractivity contribution in [3.05, 3.63) is 211 Å². The molecule has 0 bridgehead atoms. The number of fused-ring (bicyclic) bond motifs is 4. The Morgan fingerprint density at radius 1 is 0.500 bits per heavy atom. The number of aromatic nitrogens is 2. The zero-order chi connectivity index (χ0) is 44.4. The van der Waals surface area contributed by atoms with E-state index in [-0.39, 0.29) is 58.4 Å². The zero-order valence-corrected chi connectivity index (χ0v) is 43.1. The van der Waals surface area contributed by atoms with Crippen molar-refractivity contribution in [2.45, 2.75) is 71.6 Å². The zero-order valence-electron chi connectivity index (χ0n) is 38.6. The third-order valence-electron chi connectivity index (χ3n) is 12.7. The minimum Gasteiger partial charge on any atom is -0.509 e. The minimum absolute atomic E-state index is 0. The van der Waals surface area contributed by atoms with E-state index in [2.05, 4.69) is 234 Å².